The number of pyridine rings is 1. The summed E-state index contributed by atoms with van der Waals surface area (Å²) in [5.74, 6) is 2.68. The first-order valence-corrected chi connectivity index (χ1v) is 9.04. The number of anilines is 1. The van der Waals surface area contributed by atoms with Crippen molar-refractivity contribution in [3.05, 3.63) is 54.2 Å². The number of aromatic nitrogens is 5. The molecule has 1 amide bonds. The molecule has 4 rings (SSSR count). The maximum absolute atomic E-state index is 12.8. The Morgan fingerprint density at radius 1 is 1.07 bits per heavy atom. The maximum atomic E-state index is 12.8. The number of aryl methyl sites for hydroxylation is 1. The summed E-state index contributed by atoms with van der Waals surface area (Å²) in [5.41, 5.74) is 0.583. The first kappa shape index (κ1) is 17.9. The molecule has 1 fully saturated rings. The van der Waals surface area contributed by atoms with E-state index in [1.165, 1.54) is 7.11 Å². The molecule has 0 aromatic carbocycles. The summed E-state index contributed by atoms with van der Waals surface area (Å²) in [5, 5.41) is 4.24. The summed E-state index contributed by atoms with van der Waals surface area (Å²) < 4.78 is 6.83. The van der Waals surface area contributed by atoms with Gasteiger partial charge in [0.05, 0.1) is 7.11 Å². The molecule has 0 atom stereocenters. The molecule has 9 nitrogen and oxygen atoms in total. The number of carbonyl (C=O) groups excluding carboxylic acids is 1. The normalized spacial score (nSPS) is 14.2. The summed E-state index contributed by atoms with van der Waals surface area (Å²) in [6, 6.07) is 7.15. The summed E-state index contributed by atoms with van der Waals surface area (Å²) in [6.45, 7) is 4.49. The average molecular weight is 379 g/mol. The molecule has 0 spiro atoms. The fraction of sp³-hybridized carbons (Fsp3) is 0.316. The molecule has 3 aromatic heterocycles. The molecule has 3 aromatic rings. The van der Waals surface area contributed by atoms with Gasteiger partial charge in [-0.2, -0.15) is 5.10 Å². The van der Waals surface area contributed by atoms with Crippen molar-refractivity contribution in [2.45, 2.75) is 6.92 Å². The smallest absolute Gasteiger partial charge is 0.254 e. The highest BCUT2D eigenvalue weighted by atomic mass is 16.5. The van der Waals surface area contributed by atoms with Gasteiger partial charge in [-0.05, 0) is 19.1 Å². The lowest BCUT2D eigenvalue weighted by Gasteiger charge is -2.35. The highest BCUT2D eigenvalue weighted by Gasteiger charge is 2.24. The zero-order valence-electron chi connectivity index (χ0n) is 15.8. The van der Waals surface area contributed by atoms with Crippen molar-refractivity contribution >= 4 is 11.7 Å². The number of amides is 1. The van der Waals surface area contributed by atoms with Gasteiger partial charge < -0.3 is 14.5 Å². The number of carbonyl (C=O) groups is 1. The highest BCUT2D eigenvalue weighted by molar-refractivity contribution is 5.94. The van der Waals surface area contributed by atoms with Crippen molar-refractivity contribution in [2.24, 2.45) is 0 Å². The summed E-state index contributed by atoms with van der Waals surface area (Å²) in [6.07, 6.45) is 5.16. The molecule has 9 heteroatoms. The number of hydrogen-bond acceptors (Lipinski definition) is 7. The van der Waals surface area contributed by atoms with E-state index >= 15 is 0 Å². The zero-order valence-corrected chi connectivity index (χ0v) is 15.8. The van der Waals surface area contributed by atoms with Gasteiger partial charge in [0.1, 0.15) is 11.6 Å². The van der Waals surface area contributed by atoms with Crippen molar-refractivity contribution in [3.8, 4) is 11.7 Å². The third-order valence-corrected chi connectivity index (χ3v) is 4.63. The van der Waals surface area contributed by atoms with Gasteiger partial charge in [-0.1, -0.05) is 0 Å². The van der Waals surface area contributed by atoms with E-state index in [1.54, 1.807) is 29.2 Å². The van der Waals surface area contributed by atoms with Gasteiger partial charge in [-0.15, -0.1) is 0 Å². The van der Waals surface area contributed by atoms with Crippen LogP contribution in [0.15, 0.2) is 42.9 Å². The molecule has 144 valence electrons. The van der Waals surface area contributed by atoms with Crippen molar-refractivity contribution in [3.63, 3.8) is 0 Å². The minimum atomic E-state index is -0.0172. The van der Waals surface area contributed by atoms with Gasteiger partial charge in [0.25, 0.3) is 5.91 Å². The van der Waals surface area contributed by atoms with Gasteiger partial charge in [0.15, 0.2) is 5.82 Å². The third kappa shape index (κ3) is 3.64. The molecule has 0 radical (unpaired) electrons. The molecule has 0 saturated carbocycles. The van der Waals surface area contributed by atoms with Crippen LogP contribution in [-0.2, 0) is 0 Å². The maximum Gasteiger partial charge on any atom is 0.254 e. The largest absolute Gasteiger partial charge is 0.481 e. The van der Waals surface area contributed by atoms with Gasteiger partial charge in [0.2, 0.25) is 5.88 Å². The van der Waals surface area contributed by atoms with Gasteiger partial charge in [0, 0.05) is 62.5 Å². The first-order chi connectivity index (χ1) is 13.6. The molecular weight excluding hydrogens is 358 g/mol. The Kier molecular flexibility index (Phi) is 4.88. The lowest BCUT2D eigenvalue weighted by atomic mass is 10.2. The van der Waals surface area contributed by atoms with Crippen molar-refractivity contribution in [1.29, 1.82) is 0 Å². The number of hydrogen-bond donors (Lipinski definition) is 0. The fourth-order valence-electron chi connectivity index (χ4n) is 3.20. The third-order valence-electron chi connectivity index (χ3n) is 4.63. The van der Waals surface area contributed by atoms with Crippen LogP contribution in [0.1, 0.15) is 16.2 Å². The van der Waals surface area contributed by atoms with Crippen LogP contribution in [0.25, 0.3) is 5.82 Å². The average Bonchev–Trinajstić information content (AvgIpc) is 3.28. The second-order valence-electron chi connectivity index (χ2n) is 6.45. The van der Waals surface area contributed by atoms with E-state index in [1.807, 2.05) is 30.2 Å². The Balaban J connectivity index is 1.46. The topological polar surface area (TPSA) is 89.3 Å². The van der Waals surface area contributed by atoms with Crippen LogP contribution < -0.4 is 9.64 Å². The van der Waals surface area contributed by atoms with Gasteiger partial charge in [-0.3, -0.25) is 4.79 Å². The molecule has 0 bridgehead atoms. The zero-order chi connectivity index (χ0) is 19.5. The molecule has 1 aliphatic heterocycles. The predicted molar refractivity (Wildman–Crippen MR) is 103 cm³/mol. The molecule has 1 aliphatic rings. The number of methoxy groups -OCH3 is 1. The Morgan fingerprint density at radius 2 is 1.86 bits per heavy atom. The SMILES string of the molecule is COc1cc(C(=O)N2CCN(c3cc(-n4cccn4)nc(C)n3)CC2)ccn1. The molecule has 0 unspecified atom stereocenters. The first-order valence-electron chi connectivity index (χ1n) is 9.04. The minimum Gasteiger partial charge on any atom is -0.481 e. The monoisotopic (exact) mass is 379 g/mol. The number of rotatable bonds is 4. The van der Waals surface area contributed by atoms with E-state index in [2.05, 4.69) is 25.0 Å². The van der Waals surface area contributed by atoms with Crippen LogP contribution in [0, 0.1) is 6.92 Å². The lowest BCUT2D eigenvalue weighted by molar-refractivity contribution is 0.0746. The van der Waals surface area contributed by atoms with Crippen LogP contribution >= 0.6 is 0 Å². The summed E-state index contributed by atoms with van der Waals surface area (Å²) >= 11 is 0. The van der Waals surface area contributed by atoms with Crippen LogP contribution in [0.2, 0.25) is 0 Å². The quantitative estimate of drug-likeness (QED) is 0.676. The number of nitrogens with zero attached hydrogens (tertiary/aromatic N) is 7. The summed E-state index contributed by atoms with van der Waals surface area (Å²) in [4.78, 5) is 29.8. The fourth-order valence-corrected chi connectivity index (χ4v) is 3.20. The van der Waals surface area contributed by atoms with E-state index in [4.69, 9.17) is 4.74 Å². The molecule has 0 aliphatic carbocycles. The van der Waals surface area contributed by atoms with E-state index in [0.717, 1.165) is 11.6 Å². The molecule has 4 heterocycles. The Labute approximate surface area is 162 Å². The molecule has 28 heavy (non-hydrogen) atoms. The highest BCUT2D eigenvalue weighted by Crippen LogP contribution is 2.19. The Bertz CT molecular complexity index is 966. The van der Waals surface area contributed by atoms with Gasteiger partial charge in [-0.25, -0.2) is 19.6 Å². The molecular formula is C19H21N7O2. The molecule has 0 N–H and O–H groups in total. The van der Waals surface area contributed by atoms with Crippen LogP contribution in [0.4, 0.5) is 5.82 Å². The number of ether oxygens (including phenoxy) is 1. The standard InChI is InChI=1S/C19H21N7O2/c1-14-22-16(13-17(23-14)26-7-3-5-21-26)24-8-10-25(11-9-24)19(27)15-4-6-20-18(12-15)28-2/h3-7,12-13H,8-11H2,1-2H3. The predicted octanol–water partition coefficient (Wildman–Crippen LogP) is 1.34. The Hall–Kier alpha value is -3.49. The molecule has 1 saturated heterocycles. The van der Waals surface area contributed by atoms with E-state index in [9.17, 15) is 4.79 Å². The van der Waals surface area contributed by atoms with Crippen LogP contribution in [0.5, 0.6) is 5.88 Å². The minimum absolute atomic E-state index is 0.0172. The van der Waals surface area contributed by atoms with Crippen LogP contribution in [-0.4, -0.2) is 68.8 Å². The van der Waals surface area contributed by atoms with Crippen LogP contribution in [0.3, 0.4) is 0 Å². The van der Waals surface area contributed by atoms with Gasteiger partial charge >= 0.3 is 0 Å². The van der Waals surface area contributed by atoms with Crippen molar-refractivity contribution < 1.29 is 9.53 Å². The van der Waals surface area contributed by atoms with E-state index in [0.29, 0.717) is 43.4 Å². The Morgan fingerprint density at radius 3 is 2.57 bits per heavy atom. The van der Waals surface area contributed by atoms with E-state index in [-0.39, 0.29) is 5.91 Å². The second kappa shape index (κ2) is 7.63. The van der Waals surface area contributed by atoms with Crippen molar-refractivity contribution in [2.75, 3.05) is 38.2 Å². The van der Waals surface area contributed by atoms with Crippen molar-refractivity contribution in [1.82, 2.24) is 29.6 Å². The lowest BCUT2D eigenvalue weighted by Crippen LogP contribution is -2.49. The number of piperazine rings is 1. The van der Waals surface area contributed by atoms with E-state index < -0.39 is 0 Å². The second-order valence-corrected chi connectivity index (χ2v) is 6.45. The summed E-state index contributed by atoms with van der Waals surface area (Å²) in [7, 11) is 1.54.